The molecule has 4 nitrogen and oxygen atoms in total. The van der Waals surface area contributed by atoms with E-state index in [0.717, 1.165) is 5.03 Å². The van der Waals surface area contributed by atoms with E-state index >= 15 is 0 Å². The van der Waals surface area contributed by atoms with Crippen molar-refractivity contribution in [2.24, 2.45) is 0 Å². The molecule has 2 heterocycles. The van der Waals surface area contributed by atoms with Gasteiger partial charge in [0.1, 0.15) is 10.7 Å². The zero-order chi connectivity index (χ0) is 17.4. The van der Waals surface area contributed by atoms with Gasteiger partial charge in [-0.15, -0.1) is 0 Å². The number of aromatic carboxylic acids is 1. The highest BCUT2D eigenvalue weighted by atomic mass is 32.2. The van der Waals surface area contributed by atoms with E-state index in [1.807, 2.05) is 6.07 Å². The van der Waals surface area contributed by atoms with Crippen LogP contribution in [-0.2, 0) is 0 Å². The van der Waals surface area contributed by atoms with Crippen molar-refractivity contribution in [3.8, 4) is 0 Å². The number of carboxylic acid groups (broad SMARTS) is 1. The molecule has 2 aromatic heterocycles. The van der Waals surface area contributed by atoms with Crippen molar-refractivity contribution in [2.75, 3.05) is 0 Å². The third-order valence-corrected chi connectivity index (χ3v) is 6.09. The van der Waals surface area contributed by atoms with Crippen LogP contribution in [0.25, 0.3) is 10.9 Å². The Balaban J connectivity index is 1.81. The first-order chi connectivity index (χ1) is 12.1. The molecule has 3 aromatic rings. The Morgan fingerprint density at radius 3 is 2.68 bits per heavy atom. The Morgan fingerprint density at radius 2 is 1.92 bits per heavy atom. The van der Waals surface area contributed by atoms with Gasteiger partial charge in [0.25, 0.3) is 0 Å². The molecule has 1 aliphatic rings. The molecule has 1 aromatic carbocycles. The number of fused-ring (bicyclic) bond motifs is 1. The van der Waals surface area contributed by atoms with Crippen LogP contribution in [0.15, 0.2) is 52.4 Å². The van der Waals surface area contributed by atoms with E-state index < -0.39 is 5.97 Å². The minimum atomic E-state index is -0.993. The van der Waals surface area contributed by atoms with Crippen LogP contribution < -0.4 is 0 Å². The molecule has 0 amide bonds. The van der Waals surface area contributed by atoms with Crippen LogP contribution in [0.2, 0.25) is 0 Å². The first kappa shape index (κ1) is 16.2. The molecule has 25 heavy (non-hydrogen) atoms. The van der Waals surface area contributed by atoms with Crippen LogP contribution in [0.4, 0.5) is 0 Å². The highest BCUT2D eigenvalue weighted by Crippen LogP contribution is 2.42. The summed E-state index contributed by atoms with van der Waals surface area (Å²) < 4.78 is 2.48. The van der Waals surface area contributed by atoms with Gasteiger partial charge < -0.3 is 9.67 Å². The van der Waals surface area contributed by atoms with Gasteiger partial charge in [-0.3, -0.25) is 0 Å². The molecule has 1 N–H and O–H groups in total. The second-order valence-corrected chi connectivity index (χ2v) is 7.54. The lowest BCUT2D eigenvalue weighted by Crippen LogP contribution is -2.06. The second-order valence-electron chi connectivity index (χ2n) is 6.51. The third-order valence-electron chi connectivity index (χ3n) is 4.94. The zero-order valence-corrected chi connectivity index (χ0v) is 14.9. The lowest BCUT2D eigenvalue weighted by molar-refractivity contribution is 0.0689. The summed E-state index contributed by atoms with van der Waals surface area (Å²) in [5.41, 5.74) is 2.60. The van der Waals surface area contributed by atoms with Crippen molar-refractivity contribution >= 4 is 28.6 Å². The summed E-state index contributed by atoms with van der Waals surface area (Å²) in [6, 6.07) is 14.2. The van der Waals surface area contributed by atoms with E-state index in [9.17, 15) is 9.90 Å². The summed E-state index contributed by atoms with van der Waals surface area (Å²) in [4.78, 5) is 16.6. The quantitative estimate of drug-likeness (QED) is 0.691. The molecule has 1 aliphatic carbocycles. The van der Waals surface area contributed by atoms with E-state index in [1.165, 1.54) is 53.2 Å². The number of carbonyl (C=O) groups is 1. The highest BCUT2D eigenvalue weighted by molar-refractivity contribution is 7.99. The van der Waals surface area contributed by atoms with Crippen LogP contribution in [-0.4, -0.2) is 20.6 Å². The maximum Gasteiger partial charge on any atom is 0.354 e. The van der Waals surface area contributed by atoms with Crippen LogP contribution in [0.1, 0.15) is 47.9 Å². The monoisotopic (exact) mass is 352 g/mol. The lowest BCUT2D eigenvalue weighted by Gasteiger charge is -2.16. The average molecular weight is 352 g/mol. The SMILES string of the molecule is Cc1c(Sc2cccc(C(=O)O)n2)c2ccccc2n1C1CCCC1. The number of para-hydroxylation sites is 1. The molecule has 0 unspecified atom stereocenters. The lowest BCUT2D eigenvalue weighted by atomic mass is 10.2. The van der Waals surface area contributed by atoms with Gasteiger partial charge in [-0.1, -0.05) is 48.9 Å². The standard InChI is InChI=1S/C20H20N2O2S/c1-13-19(25-18-12-6-10-16(21-18)20(23)24)15-9-4-5-11-17(15)22(13)14-7-2-3-8-14/h4-6,9-12,14H,2-3,7-8H2,1H3,(H,23,24). The van der Waals surface area contributed by atoms with E-state index in [0.29, 0.717) is 6.04 Å². The van der Waals surface area contributed by atoms with E-state index in [-0.39, 0.29) is 5.69 Å². The van der Waals surface area contributed by atoms with Gasteiger partial charge in [-0.25, -0.2) is 9.78 Å². The molecule has 4 rings (SSSR count). The Bertz CT molecular complexity index is 942. The summed E-state index contributed by atoms with van der Waals surface area (Å²) >= 11 is 1.56. The van der Waals surface area contributed by atoms with Crippen molar-refractivity contribution in [3.63, 3.8) is 0 Å². The number of carboxylic acids is 1. The van der Waals surface area contributed by atoms with Crippen molar-refractivity contribution in [3.05, 3.63) is 53.9 Å². The van der Waals surface area contributed by atoms with E-state index in [1.54, 1.807) is 17.8 Å². The van der Waals surface area contributed by atoms with Gasteiger partial charge in [0.05, 0.1) is 0 Å². The second kappa shape index (κ2) is 6.56. The first-order valence-electron chi connectivity index (χ1n) is 8.63. The molecule has 0 atom stereocenters. The van der Waals surface area contributed by atoms with Gasteiger partial charge in [-0.2, -0.15) is 0 Å². The summed E-state index contributed by atoms with van der Waals surface area (Å²) in [5, 5.41) is 11.1. The Morgan fingerprint density at radius 1 is 1.16 bits per heavy atom. The zero-order valence-electron chi connectivity index (χ0n) is 14.1. The maximum absolute atomic E-state index is 11.2. The molecule has 1 fully saturated rings. The number of benzene rings is 1. The van der Waals surface area contributed by atoms with Crippen molar-refractivity contribution in [1.29, 1.82) is 0 Å². The van der Waals surface area contributed by atoms with Crippen LogP contribution in [0.3, 0.4) is 0 Å². The minimum Gasteiger partial charge on any atom is -0.477 e. The van der Waals surface area contributed by atoms with E-state index in [2.05, 4.69) is 40.7 Å². The molecule has 0 aliphatic heterocycles. The van der Waals surface area contributed by atoms with Gasteiger partial charge in [-0.05, 0) is 38.0 Å². The number of aromatic nitrogens is 2. The molecule has 5 heteroatoms. The number of nitrogens with zero attached hydrogens (tertiary/aromatic N) is 2. The Kier molecular flexibility index (Phi) is 4.25. The van der Waals surface area contributed by atoms with Crippen molar-refractivity contribution < 1.29 is 9.90 Å². The number of hydrogen-bond acceptors (Lipinski definition) is 3. The molecular formula is C20H20N2O2S. The molecule has 0 saturated heterocycles. The highest BCUT2D eigenvalue weighted by Gasteiger charge is 2.23. The topological polar surface area (TPSA) is 55.1 Å². The summed E-state index contributed by atoms with van der Waals surface area (Å²) in [6.07, 6.45) is 5.05. The largest absolute Gasteiger partial charge is 0.477 e. The number of pyridine rings is 1. The number of hydrogen-bond donors (Lipinski definition) is 1. The van der Waals surface area contributed by atoms with Crippen LogP contribution in [0.5, 0.6) is 0 Å². The van der Waals surface area contributed by atoms with Gasteiger partial charge in [0, 0.05) is 27.5 Å². The van der Waals surface area contributed by atoms with Gasteiger partial charge in [0.15, 0.2) is 0 Å². The first-order valence-corrected chi connectivity index (χ1v) is 9.44. The van der Waals surface area contributed by atoms with E-state index in [4.69, 9.17) is 0 Å². The van der Waals surface area contributed by atoms with Crippen LogP contribution in [0, 0.1) is 6.92 Å². The summed E-state index contributed by atoms with van der Waals surface area (Å²) in [6.45, 7) is 2.17. The summed E-state index contributed by atoms with van der Waals surface area (Å²) in [7, 11) is 0. The molecule has 0 spiro atoms. The Hall–Kier alpha value is -2.27. The van der Waals surface area contributed by atoms with Crippen molar-refractivity contribution in [2.45, 2.75) is 48.6 Å². The fourth-order valence-corrected chi connectivity index (χ4v) is 4.85. The smallest absolute Gasteiger partial charge is 0.354 e. The normalized spacial score (nSPS) is 15.1. The predicted molar refractivity (Wildman–Crippen MR) is 99.5 cm³/mol. The van der Waals surface area contributed by atoms with Gasteiger partial charge in [0.2, 0.25) is 0 Å². The maximum atomic E-state index is 11.2. The predicted octanol–water partition coefficient (Wildman–Crippen LogP) is 5.31. The molecule has 0 bridgehead atoms. The number of rotatable bonds is 4. The molecule has 1 saturated carbocycles. The van der Waals surface area contributed by atoms with Crippen molar-refractivity contribution in [1.82, 2.24) is 9.55 Å². The fourth-order valence-electron chi connectivity index (χ4n) is 3.82. The fraction of sp³-hybridized carbons (Fsp3) is 0.300. The molecular weight excluding hydrogens is 332 g/mol. The third kappa shape index (κ3) is 2.93. The minimum absolute atomic E-state index is 0.0854. The average Bonchev–Trinajstić information content (AvgIpc) is 3.22. The van der Waals surface area contributed by atoms with Gasteiger partial charge >= 0.3 is 5.97 Å². The summed E-state index contributed by atoms with van der Waals surface area (Å²) in [5.74, 6) is -0.993. The Labute approximate surface area is 150 Å². The molecule has 128 valence electrons. The molecule has 0 radical (unpaired) electrons. The van der Waals surface area contributed by atoms with Crippen LogP contribution >= 0.6 is 11.8 Å².